The quantitative estimate of drug-likeness (QED) is 0.604. The molecule has 0 radical (unpaired) electrons. The molecule has 0 saturated carbocycles. The van der Waals surface area contributed by atoms with E-state index in [0.717, 1.165) is 22.1 Å². The van der Waals surface area contributed by atoms with Crippen LogP contribution in [-0.4, -0.2) is 15.7 Å². The minimum atomic E-state index is -2.27. The Bertz CT molecular complexity index is 485. The van der Waals surface area contributed by atoms with Gasteiger partial charge in [-0.15, -0.1) is 0 Å². The van der Waals surface area contributed by atoms with Gasteiger partial charge < -0.3 is 5.73 Å². The van der Waals surface area contributed by atoms with E-state index in [1.165, 1.54) is 5.56 Å². The number of hydrogen-bond acceptors (Lipinski definition) is 3. The van der Waals surface area contributed by atoms with Crippen molar-refractivity contribution in [2.24, 2.45) is 0 Å². The summed E-state index contributed by atoms with van der Waals surface area (Å²) in [6.07, 6.45) is 1.73. The van der Waals surface area contributed by atoms with Crippen LogP contribution >= 0.6 is 22.6 Å². The normalized spacial score (nSPS) is 30.2. The molecule has 1 aliphatic rings. The second-order valence-electron chi connectivity index (χ2n) is 4.28. The zero-order valence-electron chi connectivity index (χ0n) is 8.91. The van der Waals surface area contributed by atoms with Gasteiger partial charge in [-0.25, -0.2) is 4.21 Å². The third-order valence-corrected chi connectivity index (χ3v) is 5.81. The first-order valence-corrected chi connectivity index (χ1v) is 8.24. The van der Waals surface area contributed by atoms with Crippen molar-refractivity contribution in [2.75, 3.05) is 17.2 Å². The molecule has 3 nitrogen and oxygen atoms in total. The maximum atomic E-state index is 11.5. The first kappa shape index (κ1) is 12.2. The molecule has 5 heteroatoms. The number of benzene rings is 1. The molecule has 0 atom stereocenters. The fourth-order valence-corrected chi connectivity index (χ4v) is 4.12. The van der Waals surface area contributed by atoms with Gasteiger partial charge in [0.05, 0.1) is 0 Å². The second kappa shape index (κ2) is 4.52. The molecule has 1 heterocycles. The molecule has 3 N–H and O–H groups in total. The van der Waals surface area contributed by atoms with Crippen molar-refractivity contribution >= 4 is 38.0 Å². The molecule has 0 amide bonds. The molecule has 0 unspecified atom stereocenters. The van der Waals surface area contributed by atoms with Crippen LogP contribution in [0.15, 0.2) is 18.2 Å². The van der Waals surface area contributed by atoms with Gasteiger partial charge in [0.1, 0.15) is 0 Å². The zero-order chi connectivity index (χ0) is 11.8. The topological polar surface area (TPSA) is 66.9 Å². The lowest BCUT2D eigenvalue weighted by Crippen LogP contribution is -2.21. The fourth-order valence-electron chi connectivity index (χ4n) is 2.04. The van der Waals surface area contributed by atoms with Crippen LogP contribution in [0.5, 0.6) is 0 Å². The largest absolute Gasteiger partial charge is 0.398 e. The third kappa shape index (κ3) is 2.68. The Labute approximate surface area is 110 Å². The molecule has 1 aromatic carbocycles. The summed E-state index contributed by atoms with van der Waals surface area (Å²) >= 11 is 2.23. The van der Waals surface area contributed by atoms with E-state index >= 15 is 0 Å². The highest BCUT2D eigenvalue weighted by Gasteiger charge is 2.22. The Kier molecular flexibility index (Phi) is 3.44. The monoisotopic (exact) mass is 350 g/mol. The molecule has 2 rings (SSSR count). The molecule has 88 valence electrons. The lowest BCUT2D eigenvalue weighted by atomic mass is 9.93. The molecule has 1 saturated heterocycles. The van der Waals surface area contributed by atoms with Crippen molar-refractivity contribution in [3.8, 4) is 0 Å². The Morgan fingerprint density at radius 2 is 2.00 bits per heavy atom. The van der Waals surface area contributed by atoms with Crippen molar-refractivity contribution in [1.82, 2.24) is 0 Å². The second-order valence-corrected chi connectivity index (χ2v) is 7.88. The minimum absolute atomic E-state index is 0.453. The van der Waals surface area contributed by atoms with Gasteiger partial charge in [0, 0.05) is 30.5 Å². The summed E-state index contributed by atoms with van der Waals surface area (Å²) in [6, 6.07) is 6.10. The lowest BCUT2D eigenvalue weighted by Gasteiger charge is -2.24. The van der Waals surface area contributed by atoms with Crippen molar-refractivity contribution < 1.29 is 4.21 Å². The highest BCUT2D eigenvalue weighted by atomic mass is 127. The summed E-state index contributed by atoms with van der Waals surface area (Å²) in [7, 11) is -2.27. The molecular weight excluding hydrogens is 335 g/mol. The third-order valence-electron chi connectivity index (χ3n) is 3.09. The molecule has 0 bridgehead atoms. The van der Waals surface area contributed by atoms with Crippen LogP contribution in [0.1, 0.15) is 24.3 Å². The van der Waals surface area contributed by atoms with Crippen molar-refractivity contribution in [1.29, 1.82) is 4.78 Å². The number of rotatable bonds is 1. The predicted octanol–water partition coefficient (Wildman–Crippen LogP) is 2.80. The molecule has 0 aliphatic carbocycles. The number of nitrogen functional groups attached to an aromatic ring is 1. The number of nitrogens with one attached hydrogen (secondary N) is 1. The van der Waals surface area contributed by atoms with Crippen molar-refractivity contribution in [2.45, 2.75) is 18.8 Å². The SMILES string of the molecule is N=S1(=O)CCC(c2ccc(N)c(I)c2)CC1. The van der Waals surface area contributed by atoms with E-state index in [9.17, 15) is 4.21 Å². The molecule has 0 spiro atoms. The summed E-state index contributed by atoms with van der Waals surface area (Å²) in [5.74, 6) is 1.53. The molecule has 0 aromatic heterocycles. The first-order chi connectivity index (χ1) is 7.48. The highest BCUT2D eigenvalue weighted by molar-refractivity contribution is 14.1. The van der Waals surface area contributed by atoms with Crippen LogP contribution in [-0.2, 0) is 9.73 Å². The summed E-state index contributed by atoms with van der Waals surface area (Å²) < 4.78 is 20.2. The van der Waals surface area contributed by atoms with Gasteiger partial charge in [0.15, 0.2) is 0 Å². The smallest absolute Gasteiger partial charge is 0.0449 e. The Hall–Kier alpha value is -0.300. The molecule has 1 aliphatic heterocycles. The Morgan fingerprint density at radius 1 is 1.38 bits per heavy atom. The molecule has 1 fully saturated rings. The fraction of sp³-hybridized carbons (Fsp3) is 0.455. The van der Waals surface area contributed by atoms with Crippen LogP contribution in [0.3, 0.4) is 0 Å². The van der Waals surface area contributed by atoms with Crippen LogP contribution < -0.4 is 5.73 Å². The van der Waals surface area contributed by atoms with Crippen LogP contribution in [0.4, 0.5) is 5.69 Å². The molecular formula is C11H15IN2OS. The van der Waals surface area contributed by atoms with Gasteiger partial charge in [-0.1, -0.05) is 6.07 Å². The standard InChI is InChI=1S/C11H15IN2OS/c12-10-7-9(1-2-11(10)13)8-3-5-16(14,15)6-4-8/h1-2,7-8,14H,3-6,13H2. The van der Waals surface area contributed by atoms with E-state index in [2.05, 4.69) is 34.7 Å². The summed E-state index contributed by atoms with van der Waals surface area (Å²) in [4.78, 5) is 0. The summed E-state index contributed by atoms with van der Waals surface area (Å²) in [6.45, 7) is 0. The predicted molar refractivity (Wildman–Crippen MR) is 76.1 cm³/mol. The van der Waals surface area contributed by atoms with Gasteiger partial charge in [-0.05, 0) is 59.0 Å². The summed E-state index contributed by atoms with van der Waals surface area (Å²) in [5, 5.41) is 0. The Balaban J connectivity index is 2.17. The van der Waals surface area contributed by atoms with E-state index in [1.54, 1.807) is 0 Å². The van der Waals surface area contributed by atoms with Crippen LogP contribution in [0, 0.1) is 8.35 Å². The first-order valence-electron chi connectivity index (χ1n) is 5.27. The van der Waals surface area contributed by atoms with Gasteiger partial charge in [0.25, 0.3) is 0 Å². The maximum absolute atomic E-state index is 11.5. The number of halogens is 1. The zero-order valence-corrected chi connectivity index (χ0v) is 11.9. The van der Waals surface area contributed by atoms with Crippen molar-refractivity contribution in [3.05, 3.63) is 27.3 Å². The van der Waals surface area contributed by atoms with Gasteiger partial charge in [-0.3, -0.25) is 4.78 Å². The highest BCUT2D eigenvalue weighted by Crippen LogP contribution is 2.31. The number of anilines is 1. The van der Waals surface area contributed by atoms with E-state index in [-0.39, 0.29) is 0 Å². The van der Waals surface area contributed by atoms with Gasteiger partial charge >= 0.3 is 0 Å². The van der Waals surface area contributed by atoms with E-state index < -0.39 is 9.73 Å². The molecule has 16 heavy (non-hydrogen) atoms. The van der Waals surface area contributed by atoms with Crippen LogP contribution in [0.2, 0.25) is 0 Å². The maximum Gasteiger partial charge on any atom is 0.0449 e. The van der Waals surface area contributed by atoms with Crippen LogP contribution in [0.25, 0.3) is 0 Å². The average molecular weight is 350 g/mol. The summed E-state index contributed by atoms with van der Waals surface area (Å²) in [5.41, 5.74) is 7.86. The van der Waals surface area contributed by atoms with E-state index in [0.29, 0.717) is 17.4 Å². The van der Waals surface area contributed by atoms with Gasteiger partial charge in [-0.2, -0.15) is 0 Å². The van der Waals surface area contributed by atoms with E-state index in [4.69, 9.17) is 10.5 Å². The van der Waals surface area contributed by atoms with Gasteiger partial charge in [0.2, 0.25) is 0 Å². The van der Waals surface area contributed by atoms with Crippen molar-refractivity contribution in [3.63, 3.8) is 0 Å². The Morgan fingerprint density at radius 3 is 2.56 bits per heavy atom. The minimum Gasteiger partial charge on any atom is -0.398 e. The van der Waals surface area contributed by atoms with E-state index in [1.807, 2.05) is 6.07 Å². The number of hydrogen-bond donors (Lipinski definition) is 2. The molecule has 1 aromatic rings. The number of nitrogens with two attached hydrogens (primary N) is 1. The lowest BCUT2D eigenvalue weighted by molar-refractivity contribution is 0.598. The average Bonchev–Trinajstić information content (AvgIpc) is 2.22.